The fraction of sp³-hybridized carbons (Fsp3) is 0.800. The minimum Gasteiger partial charge on any atom is -0.394 e. The summed E-state index contributed by atoms with van der Waals surface area (Å²) >= 11 is 1.72. The van der Waals surface area contributed by atoms with Crippen molar-refractivity contribution >= 4 is 30.0 Å². The Labute approximate surface area is 71.8 Å². The number of thioether (sulfide) groups is 1. The highest BCUT2D eigenvalue weighted by Gasteiger charge is 1.82. The Morgan fingerprint density at radius 1 is 1.70 bits per heavy atom. The smallest absolute Gasteiger partial charge is 0.136 e. The van der Waals surface area contributed by atoms with Crippen LogP contribution in [-0.4, -0.2) is 24.5 Å². The van der Waals surface area contributed by atoms with Gasteiger partial charge in [0.05, 0.1) is 0 Å². The molecule has 2 N–H and O–H groups in total. The Hall–Kier alpha value is -0.0900. The van der Waals surface area contributed by atoms with Gasteiger partial charge in [-0.25, -0.2) is 0 Å². The van der Waals surface area contributed by atoms with Crippen molar-refractivity contribution in [1.29, 1.82) is 0 Å². The predicted octanol–water partition coefficient (Wildman–Crippen LogP) is 1.08. The minimum absolute atomic E-state index is 0. The van der Waals surface area contributed by atoms with Gasteiger partial charge in [-0.3, -0.25) is 0 Å². The summed E-state index contributed by atoms with van der Waals surface area (Å²) in [5.41, 5.74) is 5.19. The molecule has 0 heterocycles. The lowest BCUT2D eigenvalue weighted by Gasteiger charge is -1.95. The molecule has 0 fully saturated rings. The molecule has 0 spiro atoms. The largest absolute Gasteiger partial charge is 0.394 e. The first-order valence-electron chi connectivity index (χ1n) is 2.68. The van der Waals surface area contributed by atoms with Crippen LogP contribution in [-0.2, 0) is 4.84 Å². The average molecular weight is 185 g/mol. The molecule has 0 aromatic rings. The molecule has 5 heteroatoms. The standard InChI is InChI=1S/C5H12N2OS.ClH/c1-5(6)7-8-3-4-9-2;/h3-4H2,1-2H3,(H2,6,7);1H. The van der Waals surface area contributed by atoms with E-state index in [9.17, 15) is 0 Å². The van der Waals surface area contributed by atoms with Gasteiger partial charge in [0, 0.05) is 5.75 Å². The van der Waals surface area contributed by atoms with E-state index in [1.807, 2.05) is 6.26 Å². The maximum atomic E-state index is 5.19. The average Bonchev–Trinajstić information content (AvgIpc) is 1.80. The fourth-order valence-electron chi connectivity index (χ4n) is 0.268. The van der Waals surface area contributed by atoms with Crippen LogP contribution in [0.25, 0.3) is 0 Å². The van der Waals surface area contributed by atoms with Crippen molar-refractivity contribution in [3.63, 3.8) is 0 Å². The van der Waals surface area contributed by atoms with Crippen molar-refractivity contribution in [2.75, 3.05) is 18.6 Å². The van der Waals surface area contributed by atoms with Crippen LogP contribution < -0.4 is 5.73 Å². The molecule has 3 nitrogen and oxygen atoms in total. The van der Waals surface area contributed by atoms with Crippen LogP contribution in [0, 0.1) is 0 Å². The molecule has 0 amide bonds. The maximum Gasteiger partial charge on any atom is 0.136 e. The Kier molecular flexibility index (Phi) is 11.2. The first-order valence-corrected chi connectivity index (χ1v) is 4.07. The molecule has 0 aromatic heterocycles. The molecule has 0 aliphatic carbocycles. The van der Waals surface area contributed by atoms with E-state index in [1.165, 1.54) is 0 Å². The number of oxime groups is 1. The second kappa shape index (κ2) is 8.91. The lowest BCUT2D eigenvalue weighted by Crippen LogP contribution is -2.06. The quantitative estimate of drug-likeness (QED) is 0.308. The second-order valence-corrected chi connectivity index (χ2v) is 2.54. The van der Waals surface area contributed by atoms with Crippen molar-refractivity contribution in [2.45, 2.75) is 6.92 Å². The SMILES string of the molecule is CSCCO/N=C(\C)N.Cl. The van der Waals surface area contributed by atoms with Gasteiger partial charge in [-0.1, -0.05) is 5.16 Å². The van der Waals surface area contributed by atoms with Crippen LogP contribution in [0.5, 0.6) is 0 Å². The molecule has 0 atom stereocenters. The molecule has 0 bridgehead atoms. The van der Waals surface area contributed by atoms with Gasteiger partial charge >= 0.3 is 0 Å². The normalized spacial score (nSPS) is 10.4. The van der Waals surface area contributed by atoms with E-state index in [4.69, 9.17) is 10.6 Å². The lowest BCUT2D eigenvalue weighted by molar-refractivity contribution is 0.161. The zero-order valence-electron chi connectivity index (χ0n) is 6.16. The van der Waals surface area contributed by atoms with Gasteiger partial charge in [-0.2, -0.15) is 11.8 Å². The summed E-state index contributed by atoms with van der Waals surface area (Å²) in [5.74, 6) is 1.42. The minimum atomic E-state index is 0. The predicted molar refractivity (Wildman–Crippen MR) is 48.9 cm³/mol. The van der Waals surface area contributed by atoms with Crippen molar-refractivity contribution < 1.29 is 4.84 Å². The topological polar surface area (TPSA) is 47.6 Å². The molecule has 0 aliphatic heterocycles. The number of nitrogens with zero attached hydrogens (tertiary/aromatic N) is 1. The van der Waals surface area contributed by atoms with E-state index in [0.717, 1.165) is 5.75 Å². The summed E-state index contributed by atoms with van der Waals surface area (Å²) in [6.45, 7) is 2.33. The number of rotatable bonds is 4. The molecular weight excluding hydrogens is 172 g/mol. The summed E-state index contributed by atoms with van der Waals surface area (Å²) in [7, 11) is 0. The van der Waals surface area contributed by atoms with Crippen LogP contribution in [0.4, 0.5) is 0 Å². The Balaban J connectivity index is 0. The highest BCUT2D eigenvalue weighted by atomic mass is 35.5. The third-order valence-electron chi connectivity index (χ3n) is 0.587. The van der Waals surface area contributed by atoms with E-state index in [1.54, 1.807) is 18.7 Å². The van der Waals surface area contributed by atoms with Crippen LogP contribution in [0.2, 0.25) is 0 Å². The van der Waals surface area contributed by atoms with Crippen molar-refractivity contribution in [2.24, 2.45) is 10.9 Å². The molecule has 62 valence electrons. The zero-order chi connectivity index (χ0) is 7.11. The van der Waals surface area contributed by atoms with Crippen LogP contribution in [0.1, 0.15) is 6.92 Å². The van der Waals surface area contributed by atoms with Crippen LogP contribution in [0.3, 0.4) is 0 Å². The van der Waals surface area contributed by atoms with E-state index < -0.39 is 0 Å². The fourth-order valence-corrected chi connectivity index (χ4v) is 0.509. The summed E-state index contributed by atoms with van der Waals surface area (Å²) in [6.07, 6.45) is 2.02. The highest BCUT2D eigenvalue weighted by molar-refractivity contribution is 7.98. The third kappa shape index (κ3) is 10.8. The third-order valence-corrected chi connectivity index (χ3v) is 1.16. The van der Waals surface area contributed by atoms with Gasteiger partial charge in [0.2, 0.25) is 0 Å². The maximum absolute atomic E-state index is 5.19. The number of halogens is 1. The monoisotopic (exact) mass is 184 g/mol. The molecule has 10 heavy (non-hydrogen) atoms. The highest BCUT2D eigenvalue weighted by Crippen LogP contribution is 1.90. The van der Waals surface area contributed by atoms with E-state index in [0.29, 0.717) is 12.4 Å². The van der Waals surface area contributed by atoms with E-state index in [2.05, 4.69) is 5.16 Å². The molecule has 0 unspecified atom stereocenters. The number of hydrogen-bond acceptors (Lipinski definition) is 3. The van der Waals surface area contributed by atoms with Crippen LogP contribution >= 0.6 is 24.2 Å². The van der Waals surface area contributed by atoms with Gasteiger partial charge in [0.25, 0.3) is 0 Å². The Bertz CT molecular complexity index is 95.6. The van der Waals surface area contributed by atoms with Gasteiger partial charge in [0.15, 0.2) is 0 Å². The summed E-state index contributed by atoms with van der Waals surface area (Å²) in [6, 6.07) is 0. The van der Waals surface area contributed by atoms with Crippen molar-refractivity contribution in [1.82, 2.24) is 0 Å². The Morgan fingerprint density at radius 3 is 2.70 bits per heavy atom. The summed E-state index contributed by atoms with van der Waals surface area (Å²) in [4.78, 5) is 4.78. The van der Waals surface area contributed by atoms with Crippen molar-refractivity contribution in [3.8, 4) is 0 Å². The molecule has 0 radical (unpaired) electrons. The molecule has 0 aliphatic rings. The van der Waals surface area contributed by atoms with Crippen LogP contribution in [0.15, 0.2) is 5.16 Å². The summed E-state index contributed by atoms with van der Waals surface area (Å²) in [5, 5.41) is 3.54. The van der Waals surface area contributed by atoms with Gasteiger partial charge in [-0.05, 0) is 13.2 Å². The Morgan fingerprint density at radius 2 is 2.30 bits per heavy atom. The van der Waals surface area contributed by atoms with E-state index >= 15 is 0 Å². The molecule has 0 rings (SSSR count). The van der Waals surface area contributed by atoms with Gasteiger partial charge in [0.1, 0.15) is 12.4 Å². The van der Waals surface area contributed by atoms with Gasteiger partial charge in [-0.15, -0.1) is 12.4 Å². The number of hydrogen-bond donors (Lipinski definition) is 1. The van der Waals surface area contributed by atoms with Crippen molar-refractivity contribution in [3.05, 3.63) is 0 Å². The zero-order valence-corrected chi connectivity index (χ0v) is 7.80. The molecule has 0 saturated carbocycles. The first kappa shape index (κ1) is 12.6. The van der Waals surface area contributed by atoms with E-state index in [-0.39, 0.29) is 12.4 Å². The lowest BCUT2D eigenvalue weighted by atomic mass is 10.7. The molecule has 0 saturated heterocycles. The number of amidine groups is 1. The summed E-state index contributed by atoms with van der Waals surface area (Å²) < 4.78 is 0. The number of nitrogens with two attached hydrogens (primary N) is 1. The first-order chi connectivity index (χ1) is 4.27. The molecule has 0 aromatic carbocycles. The second-order valence-electron chi connectivity index (χ2n) is 1.56. The molecular formula is C5H13ClN2OS. The van der Waals surface area contributed by atoms with Gasteiger partial charge < -0.3 is 10.6 Å².